The molecule has 2 amide bonds. The van der Waals surface area contributed by atoms with E-state index >= 15 is 0 Å². The number of amides is 2. The van der Waals surface area contributed by atoms with Crippen LogP contribution in [0.1, 0.15) is 33.4 Å². The van der Waals surface area contributed by atoms with Crippen molar-refractivity contribution in [3.05, 3.63) is 66.4 Å². The van der Waals surface area contributed by atoms with Gasteiger partial charge in [0.15, 0.2) is 0 Å². The third-order valence-electron chi connectivity index (χ3n) is 5.09. The van der Waals surface area contributed by atoms with Gasteiger partial charge in [-0.15, -0.1) is 0 Å². The monoisotopic (exact) mass is 429 g/mol. The average molecular weight is 430 g/mol. The summed E-state index contributed by atoms with van der Waals surface area (Å²) < 4.78 is 5.32. The molecule has 4 aromatic rings. The van der Waals surface area contributed by atoms with Gasteiger partial charge in [-0.3, -0.25) is 4.79 Å². The van der Waals surface area contributed by atoms with Crippen molar-refractivity contribution >= 4 is 39.4 Å². The van der Waals surface area contributed by atoms with Crippen molar-refractivity contribution in [1.29, 1.82) is 0 Å². The van der Waals surface area contributed by atoms with Crippen molar-refractivity contribution < 1.29 is 14.3 Å². The zero-order valence-corrected chi connectivity index (χ0v) is 18.7. The Labute approximate surface area is 187 Å². The third-order valence-corrected chi connectivity index (χ3v) is 5.09. The van der Waals surface area contributed by atoms with Gasteiger partial charge in [0.2, 0.25) is 5.91 Å². The highest BCUT2D eigenvalue weighted by Crippen LogP contribution is 2.34. The number of alkyl carbamates (subject to hydrolysis) is 1. The lowest BCUT2D eigenvalue weighted by Gasteiger charge is -2.19. The fourth-order valence-electron chi connectivity index (χ4n) is 3.82. The first-order valence-corrected chi connectivity index (χ1v) is 10.6. The minimum atomic E-state index is -0.585. The summed E-state index contributed by atoms with van der Waals surface area (Å²) >= 11 is 0. The van der Waals surface area contributed by atoms with Gasteiger partial charge in [0.05, 0.1) is 17.9 Å². The van der Waals surface area contributed by atoms with Crippen LogP contribution in [-0.2, 0) is 16.1 Å². The largest absolute Gasteiger partial charge is 0.444 e. The summed E-state index contributed by atoms with van der Waals surface area (Å²) in [6.45, 7) is 7.11. The highest BCUT2D eigenvalue weighted by molar-refractivity contribution is 6.05. The van der Waals surface area contributed by atoms with Gasteiger partial charge in [-0.2, -0.15) is 0 Å². The van der Waals surface area contributed by atoms with E-state index in [1.54, 1.807) is 0 Å². The molecule has 1 aromatic heterocycles. The Kier molecular flexibility index (Phi) is 5.61. The van der Waals surface area contributed by atoms with E-state index in [-0.39, 0.29) is 12.5 Å². The van der Waals surface area contributed by atoms with Crippen LogP contribution in [-0.4, -0.2) is 22.6 Å². The van der Waals surface area contributed by atoms with Crippen molar-refractivity contribution in [1.82, 2.24) is 10.3 Å². The molecule has 32 heavy (non-hydrogen) atoms. The van der Waals surface area contributed by atoms with Crippen LogP contribution in [0, 0.1) is 0 Å². The van der Waals surface area contributed by atoms with Crippen molar-refractivity contribution in [2.24, 2.45) is 0 Å². The zero-order chi connectivity index (χ0) is 22.9. The van der Waals surface area contributed by atoms with Crippen molar-refractivity contribution in [3.8, 4) is 11.1 Å². The number of aromatic amines is 1. The number of anilines is 1. The summed E-state index contributed by atoms with van der Waals surface area (Å²) in [5.74, 6) is -0.181. The maximum Gasteiger partial charge on any atom is 0.407 e. The summed E-state index contributed by atoms with van der Waals surface area (Å²) in [5, 5.41) is 8.89. The molecule has 0 unspecified atom stereocenters. The highest BCUT2D eigenvalue weighted by Gasteiger charge is 2.18. The Hall–Kier alpha value is -3.80. The second kappa shape index (κ2) is 8.38. The summed E-state index contributed by atoms with van der Waals surface area (Å²) in [6.07, 6.45) is -0.513. The lowest BCUT2D eigenvalue weighted by atomic mass is 9.97. The number of ether oxygens (including phenoxy) is 1. The predicted octanol–water partition coefficient (Wildman–Crippen LogP) is 5.97. The van der Waals surface area contributed by atoms with Gasteiger partial charge < -0.3 is 20.4 Å². The molecule has 0 saturated heterocycles. The number of carbonyl (C=O) groups is 2. The molecule has 3 aromatic carbocycles. The lowest BCUT2D eigenvalue weighted by Crippen LogP contribution is -2.32. The Bertz CT molecular complexity index is 1310. The second-order valence-electron chi connectivity index (χ2n) is 8.80. The fraction of sp³-hybridized carbons (Fsp3) is 0.231. The summed E-state index contributed by atoms with van der Waals surface area (Å²) in [6, 6.07) is 20.6. The Morgan fingerprint density at radius 1 is 0.969 bits per heavy atom. The summed E-state index contributed by atoms with van der Waals surface area (Å²) in [7, 11) is 0. The van der Waals surface area contributed by atoms with Gasteiger partial charge in [0, 0.05) is 17.8 Å². The van der Waals surface area contributed by atoms with Crippen LogP contribution in [0.4, 0.5) is 10.5 Å². The van der Waals surface area contributed by atoms with Gasteiger partial charge >= 0.3 is 6.09 Å². The topological polar surface area (TPSA) is 83.2 Å². The van der Waals surface area contributed by atoms with Crippen molar-refractivity contribution in [2.45, 2.75) is 39.8 Å². The molecular weight excluding hydrogens is 402 g/mol. The summed E-state index contributed by atoms with van der Waals surface area (Å²) in [5.41, 5.74) is 3.82. The second-order valence-corrected chi connectivity index (χ2v) is 8.80. The number of hydrogen-bond donors (Lipinski definition) is 3. The van der Waals surface area contributed by atoms with Crippen LogP contribution in [0.3, 0.4) is 0 Å². The lowest BCUT2D eigenvalue weighted by molar-refractivity contribution is -0.114. The number of carbonyl (C=O) groups excluding carboxylic acids is 2. The van der Waals surface area contributed by atoms with E-state index in [1.165, 1.54) is 12.3 Å². The summed E-state index contributed by atoms with van der Waals surface area (Å²) in [4.78, 5) is 27.4. The maximum atomic E-state index is 12.1. The van der Waals surface area contributed by atoms with Crippen LogP contribution < -0.4 is 10.6 Å². The van der Waals surface area contributed by atoms with Crippen molar-refractivity contribution in [3.63, 3.8) is 0 Å². The molecule has 0 radical (unpaired) electrons. The maximum absolute atomic E-state index is 12.1. The number of aromatic nitrogens is 1. The van der Waals surface area contributed by atoms with E-state index in [1.807, 2.05) is 45.0 Å². The van der Waals surface area contributed by atoms with Crippen molar-refractivity contribution in [2.75, 3.05) is 5.32 Å². The number of rotatable bonds is 4. The molecule has 0 spiro atoms. The van der Waals surface area contributed by atoms with E-state index in [9.17, 15) is 9.59 Å². The molecule has 0 fully saturated rings. The SMILES string of the molecule is CC(=O)Nc1c(CNC(=O)OC(C)(C)C)[nH]c2ccc(-c3cccc4ccccc34)cc12. The van der Waals surface area contributed by atoms with Gasteiger partial charge in [-0.1, -0.05) is 48.5 Å². The number of H-pyrrole nitrogens is 1. The molecule has 0 aliphatic heterocycles. The zero-order valence-electron chi connectivity index (χ0n) is 18.7. The molecule has 0 aliphatic carbocycles. The predicted molar refractivity (Wildman–Crippen MR) is 129 cm³/mol. The standard InChI is InChI=1S/C26H27N3O3/c1-16(30)28-24-21-14-18(20-11-7-9-17-8-5-6-10-19(17)20)12-13-22(21)29-23(24)15-27-25(31)32-26(2,3)4/h5-14,29H,15H2,1-4H3,(H,27,31)(H,28,30). The quantitative estimate of drug-likeness (QED) is 0.374. The number of hydrogen-bond acceptors (Lipinski definition) is 3. The van der Waals surface area contributed by atoms with E-state index in [2.05, 4.69) is 52.0 Å². The number of benzene rings is 3. The van der Waals surface area contributed by atoms with E-state index in [0.717, 1.165) is 27.4 Å². The molecule has 0 bridgehead atoms. The molecule has 6 nitrogen and oxygen atoms in total. The minimum absolute atomic E-state index is 0.181. The molecule has 6 heteroatoms. The first kappa shape index (κ1) is 21.4. The normalized spacial score (nSPS) is 11.5. The molecule has 1 heterocycles. The van der Waals surface area contributed by atoms with E-state index in [0.29, 0.717) is 11.4 Å². The molecule has 4 rings (SSSR count). The molecular formula is C26H27N3O3. The van der Waals surface area contributed by atoms with Gasteiger partial charge in [0.25, 0.3) is 0 Å². The third kappa shape index (κ3) is 4.59. The molecule has 0 atom stereocenters. The van der Waals surface area contributed by atoms with E-state index < -0.39 is 11.7 Å². The smallest absolute Gasteiger partial charge is 0.407 e. The first-order valence-electron chi connectivity index (χ1n) is 10.6. The number of fused-ring (bicyclic) bond motifs is 2. The average Bonchev–Trinajstić information content (AvgIpc) is 3.07. The first-order chi connectivity index (χ1) is 15.2. The van der Waals surface area contributed by atoms with Gasteiger partial charge in [0.1, 0.15) is 5.60 Å². The molecule has 164 valence electrons. The van der Waals surface area contributed by atoms with Crippen LogP contribution >= 0.6 is 0 Å². The van der Waals surface area contributed by atoms with Gasteiger partial charge in [-0.05, 0) is 54.8 Å². The Balaban J connectivity index is 1.74. The minimum Gasteiger partial charge on any atom is -0.444 e. The van der Waals surface area contributed by atoms with Gasteiger partial charge in [-0.25, -0.2) is 4.79 Å². The molecule has 3 N–H and O–H groups in total. The highest BCUT2D eigenvalue weighted by atomic mass is 16.6. The Morgan fingerprint density at radius 3 is 2.47 bits per heavy atom. The fourth-order valence-corrected chi connectivity index (χ4v) is 3.82. The molecule has 0 aliphatic rings. The Morgan fingerprint density at radius 2 is 1.72 bits per heavy atom. The van der Waals surface area contributed by atoms with Crippen LogP contribution in [0.2, 0.25) is 0 Å². The van der Waals surface area contributed by atoms with Crippen LogP contribution in [0.25, 0.3) is 32.8 Å². The van der Waals surface area contributed by atoms with Crippen LogP contribution in [0.5, 0.6) is 0 Å². The van der Waals surface area contributed by atoms with Crippen LogP contribution in [0.15, 0.2) is 60.7 Å². The van der Waals surface area contributed by atoms with E-state index in [4.69, 9.17) is 4.74 Å². The number of nitrogens with one attached hydrogen (secondary N) is 3. The molecule has 0 saturated carbocycles.